The Bertz CT molecular complexity index is 88.0. The van der Waals surface area contributed by atoms with Crippen molar-refractivity contribution in [3.8, 4) is 0 Å². The summed E-state index contributed by atoms with van der Waals surface area (Å²) in [5, 5.41) is 3.49. The average molecular weight is 188 g/mol. The Morgan fingerprint density at radius 2 is 2.12 bits per heavy atom. The average Bonchev–Trinajstić information content (AvgIpc) is 1.61. The molecule has 0 unspecified atom stereocenters. The van der Waals surface area contributed by atoms with Crippen LogP contribution in [0, 0.1) is 0 Å². The summed E-state index contributed by atoms with van der Waals surface area (Å²) in [7, 11) is 0. The van der Waals surface area contributed by atoms with Gasteiger partial charge < -0.3 is 10.2 Å². The van der Waals surface area contributed by atoms with Crippen LogP contribution in [0.4, 0.5) is 0 Å². The first-order valence-electron chi connectivity index (χ1n) is 1.90. The molecule has 1 radical (unpaired) electrons. The number of hydrogen-bond donors (Lipinski definition) is 1. The van der Waals surface area contributed by atoms with E-state index in [0.29, 0.717) is 0 Å². The Balaban J connectivity index is 0. The van der Waals surface area contributed by atoms with Gasteiger partial charge >= 0.3 is 0 Å². The molecule has 0 aromatic heterocycles. The minimum Gasteiger partial charge on any atom is -0.518 e. The van der Waals surface area contributed by atoms with Crippen LogP contribution in [0.5, 0.6) is 0 Å². The molecule has 0 aliphatic heterocycles. The van der Waals surface area contributed by atoms with Gasteiger partial charge in [-0.05, 0) is 13.8 Å². The van der Waals surface area contributed by atoms with Gasteiger partial charge in [0, 0.05) is 38.4 Å². The number of nitrogens with zero attached hydrogens (tertiary/aromatic N) is 1. The van der Waals surface area contributed by atoms with Crippen molar-refractivity contribution >= 4 is 12.1 Å². The van der Waals surface area contributed by atoms with Gasteiger partial charge in [-0.1, -0.05) is 0 Å². The Morgan fingerprint density at radius 3 is 2.25 bits per heavy atom. The van der Waals surface area contributed by atoms with E-state index in [9.17, 15) is 4.79 Å². The molecule has 0 rings (SSSR count). The Kier molecular flexibility index (Phi) is 10.0. The van der Waals surface area contributed by atoms with Gasteiger partial charge in [-0.25, -0.2) is 5.10 Å². The predicted octanol–water partition coefficient (Wildman–Crippen LogP) is 0.0365. The molecule has 43 valence electrons. The third-order valence-electron chi connectivity index (χ3n) is 0.325. The standard InChI is InChI=1S/C4H7N2O.Y/c1-4(2)6-5-3-7;/h1-2H3,(H,5,7);/q-1;. The van der Waals surface area contributed by atoms with Gasteiger partial charge in [0.1, 0.15) is 0 Å². The van der Waals surface area contributed by atoms with E-state index < -0.39 is 0 Å². The van der Waals surface area contributed by atoms with E-state index in [1.54, 1.807) is 13.8 Å². The molecule has 0 heterocycles. The quantitative estimate of drug-likeness (QED) is 0.282. The van der Waals surface area contributed by atoms with Crippen LogP contribution in [0.15, 0.2) is 5.10 Å². The van der Waals surface area contributed by atoms with Gasteiger partial charge in [0.05, 0.1) is 0 Å². The van der Waals surface area contributed by atoms with Gasteiger partial charge in [-0.15, -0.1) is 6.41 Å². The van der Waals surface area contributed by atoms with Crippen molar-refractivity contribution in [1.29, 1.82) is 0 Å². The van der Waals surface area contributed by atoms with Crippen LogP contribution in [0.25, 0.3) is 0 Å². The molecule has 0 spiro atoms. The fourth-order valence-corrected chi connectivity index (χ4v) is 0.135. The van der Waals surface area contributed by atoms with Crippen LogP contribution < -0.4 is 5.43 Å². The SMILES string of the molecule is CC(C)=NN[C-]=O.[Y]. The van der Waals surface area contributed by atoms with E-state index in [-0.39, 0.29) is 32.7 Å². The first kappa shape index (κ1) is 11.1. The van der Waals surface area contributed by atoms with Gasteiger partial charge in [-0.3, -0.25) is 0 Å². The number of hydrazone groups is 1. The molecule has 0 aromatic carbocycles. The van der Waals surface area contributed by atoms with E-state index in [2.05, 4.69) is 5.10 Å². The summed E-state index contributed by atoms with van der Waals surface area (Å²) in [6, 6.07) is 0. The fourth-order valence-electron chi connectivity index (χ4n) is 0.135. The molecule has 1 amide bonds. The second kappa shape index (κ2) is 7.24. The maximum absolute atomic E-state index is 9.37. The number of rotatable bonds is 2. The molecule has 0 saturated heterocycles. The molecule has 8 heavy (non-hydrogen) atoms. The molecule has 0 fully saturated rings. The second-order valence-corrected chi connectivity index (χ2v) is 1.27. The molecule has 0 saturated carbocycles. The maximum Gasteiger partial charge on any atom is 0.0289 e. The summed E-state index contributed by atoms with van der Waals surface area (Å²) >= 11 is 0. The summed E-state index contributed by atoms with van der Waals surface area (Å²) in [5.41, 5.74) is 2.84. The van der Waals surface area contributed by atoms with Gasteiger partial charge in [0.2, 0.25) is 0 Å². The normalized spacial score (nSPS) is 6.25. The van der Waals surface area contributed by atoms with E-state index in [0.717, 1.165) is 5.71 Å². The van der Waals surface area contributed by atoms with Crippen LogP contribution in [-0.2, 0) is 37.5 Å². The molecule has 1 N–H and O–H groups in total. The van der Waals surface area contributed by atoms with Crippen molar-refractivity contribution < 1.29 is 37.5 Å². The maximum atomic E-state index is 9.37. The minimum atomic E-state index is 0. The monoisotopic (exact) mass is 188 g/mol. The van der Waals surface area contributed by atoms with Crippen LogP contribution in [0.2, 0.25) is 0 Å². The molecule has 3 nitrogen and oxygen atoms in total. The smallest absolute Gasteiger partial charge is 0.0289 e. The van der Waals surface area contributed by atoms with Crippen molar-refractivity contribution in [2.75, 3.05) is 0 Å². The first-order chi connectivity index (χ1) is 3.27. The zero-order valence-electron chi connectivity index (χ0n) is 4.93. The zero-order valence-corrected chi connectivity index (χ0v) is 7.77. The molecule has 0 atom stereocenters. The Hall–Kier alpha value is 0.244. The van der Waals surface area contributed by atoms with Gasteiger partial charge in [-0.2, -0.15) is 0 Å². The van der Waals surface area contributed by atoms with Crippen molar-refractivity contribution in [3.63, 3.8) is 0 Å². The molecule has 4 heteroatoms. The number of amides is 1. The largest absolute Gasteiger partial charge is 0.518 e. The second-order valence-electron chi connectivity index (χ2n) is 1.27. The summed E-state index contributed by atoms with van der Waals surface area (Å²) < 4.78 is 0. The fraction of sp³-hybridized carbons (Fsp3) is 0.500. The molecule has 0 aromatic rings. The molecule has 0 aliphatic carbocycles. The Morgan fingerprint density at radius 1 is 1.62 bits per heavy atom. The number of nitrogens with one attached hydrogen (secondary N) is 1. The Labute approximate surface area is 73.8 Å². The van der Waals surface area contributed by atoms with E-state index in [1.807, 2.05) is 5.43 Å². The number of carbonyl (C=O) groups excluding carboxylic acids is 1. The van der Waals surface area contributed by atoms with E-state index >= 15 is 0 Å². The van der Waals surface area contributed by atoms with Crippen LogP contribution in [-0.4, -0.2) is 12.1 Å². The summed E-state index contributed by atoms with van der Waals surface area (Å²) in [5.74, 6) is 0. The molecule has 0 bridgehead atoms. The molecular weight excluding hydrogens is 181 g/mol. The van der Waals surface area contributed by atoms with Gasteiger partial charge in [0.15, 0.2) is 0 Å². The summed E-state index contributed by atoms with van der Waals surface area (Å²) in [6.45, 7) is 3.56. The van der Waals surface area contributed by atoms with Crippen molar-refractivity contribution in [2.24, 2.45) is 5.10 Å². The molecular formula is C4H7N2OY-. The first-order valence-corrected chi connectivity index (χ1v) is 1.90. The topological polar surface area (TPSA) is 41.5 Å². The summed E-state index contributed by atoms with van der Waals surface area (Å²) in [6.07, 6.45) is 1.41. The van der Waals surface area contributed by atoms with Crippen LogP contribution >= 0.6 is 0 Å². The molecule has 0 aliphatic rings. The van der Waals surface area contributed by atoms with E-state index in [4.69, 9.17) is 0 Å². The third-order valence-corrected chi connectivity index (χ3v) is 0.325. The van der Waals surface area contributed by atoms with Crippen molar-refractivity contribution in [3.05, 3.63) is 0 Å². The van der Waals surface area contributed by atoms with Gasteiger partial charge in [0.25, 0.3) is 0 Å². The van der Waals surface area contributed by atoms with E-state index in [1.165, 1.54) is 6.41 Å². The minimum absolute atomic E-state index is 0. The zero-order chi connectivity index (χ0) is 5.70. The number of hydrogen-bond acceptors (Lipinski definition) is 2. The summed E-state index contributed by atoms with van der Waals surface area (Å²) in [4.78, 5) is 9.37. The van der Waals surface area contributed by atoms with Crippen LogP contribution in [0.3, 0.4) is 0 Å². The van der Waals surface area contributed by atoms with Crippen LogP contribution in [0.1, 0.15) is 13.8 Å². The van der Waals surface area contributed by atoms with Crippen molar-refractivity contribution in [2.45, 2.75) is 13.8 Å². The van der Waals surface area contributed by atoms with Crippen molar-refractivity contribution in [1.82, 2.24) is 5.43 Å². The third kappa shape index (κ3) is 9.53. The predicted molar refractivity (Wildman–Crippen MR) is 27.6 cm³/mol.